The fourth-order valence-corrected chi connectivity index (χ4v) is 1.59. The van der Waals surface area contributed by atoms with Crippen molar-refractivity contribution in [3.63, 3.8) is 0 Å². The summed E-state index contributed by atoms with van der Waals surface area (Å²) in [5, 5.41) is 8.80. The van der Waals surface area contributed by atoms with E-state index < -0.39 is 5.97 Å². The Morgan fingerprint density at radius 2 is 2.40 bits per heavy atom. The summed E-state index contributed by atoms with van der Waals surface area (Å²) in [5.74, 6) is -0.760. The number of carboxylic acids is 1. The number of nitrogens with two attached hydrogens (primary N) is 1. The number of H-pyrrole nitrogens is 1. The van der Waals surface area contributed by atoms with Gasteiger partial charge in [-0.3, -0.25) is 4.79 Å². The van der Waals surface area contributed by atoms with E-state index >= 15 is 0 Å². The highest BCUT2D eigenvalue weighted by molar-refractivity contribution is 7.99. The number of imidazole rings is 1. The average Bonchev–Trinajstić information content (AvgIpc) is 2.63. The number of anilines is 1. The molecule has 0 amide bonds. The number of fused-ring (bicyclic) bond motifs is 1. The van der Waals surface area contributed by atoms with Crippen molar-refractivity contribution in [2.24, 2.45) is 0 Å². The predicted molar refractivity (Wildman–Crippen MR) is 54.5 cm³/mol. The number of hydrogen-bond acceptors (Lipinski definition) is 6. The topological polar surface area (TPSA) is 118 Å². The van der Waals surface area contributed by atoms with Gasteiger partial charge in [0.1, 0.15) is 5.52 Å². The summed E-state index contributed by atoms with van der Waals surface area (Å²) < 4.78 is 0. The monoisotopic (exact) mass is 225 g/mol. The lowest BCUT2D eigenvalue weighted by Crippen LogP contribution is -2.01. The highest BCUT2D eigenvalue weighted by atomic mass is 32.2. The van der Waals surface area contributed by atoms with Crippen LogP contribution >= 0.6 is 11.8 Å². The van der Waals surface area contributed by atoms with E-state index in [1.807, 2.05) is 0 Å². The van der Waals surface area contributed by atoms with Crippen LogP contribution in [0.5, 0.6) is 0 Å². The Balaban J connectivity index is 2.32. The number of aromatic nitrogens is 4. The van der Waals surface area contributed by atoms with Gasteiger partial charge in [0.2, 0.25) is 0 Å². The normalized spacial score (nSPS) is 10.7. The molecule has 0 atom stereocenters. The molecule has 0 aliphatic heterocycles. The maximum atomic E-state index is 10.3. The van der Waals surface area contributed by atoms with Crippen LogP contribution in [0.1, 0.15) is 0 Å². The van der Waals surface area contributed by atoms with Gasteiger partial charge >= 0.3 is 5.97 Å². The lowest BCUT2D eigenvalue weighted by Gasteiger charge is -1.99. The molecule has 2 rings (SSSR count). The molecule has 0 radical (unpaired) electrons. The first-order valence-corrected chi connectivity index (χ1v) is 4.96. The molecule has 15 heavy (non-hydrogen) atoms. The molecule has 0 aliphatic rings. The van der Waals surface area contributed by atoms with Gasteiger partial charge in [0, 0.05) is 0 Å². The van der Waals surface area contributed by atoms with Crippen LogP contribution in [-0.4, -0.2) is 36.8 Å². The Hall–Kier alpha value is -1.83. The molecule has 0 bridgehead atoms. The van der Waals surface area contributed by atoms with E-state index in [9.17, 15) is 4.79 Å². The van der Waals surface area contributed by atoms with E-state index in [4.69, 9.17) is 10.8 Å². The number of aliphatic carboxylic acids is 1. The summed E-state index contributed by atoms with van der Waals surface area (Å²) in [7, 11) is 0. The number of nitrogen functional groups attached to an aromatic ring is 1. The summed E-state index contributed by atoms with van der Waals surface area (Å²) in [6.45, 7) is 0. The second kappa shape index (κ2) is 3.73. The van der Waals surface area contributed by atoms with Crippen molar-refractivity contribution in [2.75, 3.05) is 11.5 Å². The number of thioether (sulfide) groups is 1. The zero-order chi connectivity index (χ0) is 10.8. The zero-order valence-corrected chi connectivity index (χ0v) is 8.28. The third-order valence-corrected chi connectivity index (χ3v) is 2.45. The fourth-order valence-electron chi connectivity index (χ4n) is 1.03. The molecule has 0 spiro atoms. The summed E-state index contributed by atoms with van der Waals surface area (Å²) in [5.41, 5.74) is 6.63. The third kappa shape index (κ3) is 1.99. The van der Waals surface area contributed by atoms with Crippen molar-refractivity contribution < 1.29 is 9.90 Å². The minimum absolute atomic E-state index is 0.102. The molecular weight excluding hydrogens is 218 g/mol. The van der Waals surface area contributed by atoms with Crippen LogP contribution in [0.4, 0.5) is 5.82 Å². The number of hydrogen-bond donors (Lipinski definition) is 3. The van der Waals surface area contributed by atoms with Gasteiger partial charge in [-0.05, 0) is 0 Å². The van der Waals surface area contributed by atoms with Gasteiger partial charge in [-0.15, -0.1) is 0 Å². The van der Waals surface area contributed by atoms with Crippen LogP contribution < -0.4 is 5.73 Å². The molecule has 0 aromatic carbocycles. The number of rotatable bonds is 3. The summed E-state index contributed by atoms with van der Waals surface area (Å²) in [4.78, 5) is 25.0. The molecule has 0 saturated heterocycles. The van der Waals surface area contributed by atoms with Crippen molar-refractivity contribution in [1.29, 1.82) is 0 Å². The number of carbonyl (C=O) groups is 1. The van der Waals surface area contributed by atoms with Crippen LogP contribution in [0.3, 0.4) is 0 Å². The van der Waals surface area contributed by atoms with E-state index in [2.05, 4.69) is 19.9 Å². The van der Waals surface area contributed by atoms with Crippen molar-refractivity contribution in [1.82, 2.24) is 19.9 Å². The van der Waals surface area contributed by atoms with Gasteiger partial charge < -0.3 is 15.8 Å². The minimum atomic E-state index is -0.927. The number of nitrogens with zero attached hydrogens (tertiary/aromatic N) is 3. The molecule has 0 aliphatic carbocycles. The molecule has 7 nitrogen and oxygen atoms in total. The van der Waals surface area contributed by atoms with Crippen molar-refractivity contribution in [3.05, 3.63) is 6.33 Å². The van der Waals surface area contributed by atoms with Gasteiger partial charge in [-0.1, -0.05) is 11.8 Å². The number of nitrogens with one attached hydrogen (secondary N) is 1. The number of aromatic amines is 1. The Kier molecular flexibility index (Phi) is 2.42. The van der Waals surface area contributed by atoms with Crippen LogP contribution in [0.25, 0.3) is 11.2 Å². The minimum Gasteiger partial charge on any atom is -0.481 e. The van der Waals surface area contributed by atoms with Crippen molar-refractivity contribution in [3.8, 4) is 0 Å². The zero-order valence-electron chi connectivity index (χ0n) is 7.47. The molecular formula is C7H7N5O2S. The SMILES string of the molecule is Nc1nc(SCC(=O)O)nc2nc[nH]c12. The second-order valence-corrected chi connectivity index (χ2v) is 3.62. The first-order valence-electron chi connectivity index (χ1n) is 3.98. The first-order chi connectivity index (χ1) is 7.16. The average molecular weight is 225 g/mol. The maximum Gasteiger partial charge on any atom is 0.313 e. The Morgan fingerprint density at radius 1 is 1.60 bits per heavy atom. The van der Waals surface area contributed by atoms with E-state index in [0.717, 1.165) is 11.8 Å². The van der Waals surface area contributed by atoms with Crippen molar-refractivity contribution in [2.45, 2.75) is 5.16 Å². The lowest BCUT2D eigenvalue weighted by molar-refractivity contribution is -0.133. The van der Waals surface area contributed by atoms with E-state index in [0.29, 0.717) is 16.3 Å². The highest BCUT2D eigenvalue weighted by Crippen LogP contribution is 2.19. The third-order valence-electron chi connectivity index (χ3n) is 1.62. The summed E-state index contributed by atoms with van der Waals surface area (Å²) >= 11 is 1.01. The van der Waals surface area contributed by atoms with Gasteiger partial charge in [-0.2, -0.15) is 0 Å². The molecule has 2 aromatic rings. The summed E-state index contributed by atoms with van der Waals surface area (Å²) in [6.07, 6.45) is 1.46. The van der Waals surface area contributed by atoms with Crippen LogP contribution in [0.2, 0.25) is 0 Å². The van der Waals surface area contributed by atoms with Crippen LogP contribution in [0, 0.1) is 0 Å². The molecule has 2 heterocycles. The Labute approximate surface area is 88.1 Å². The van der Waals surface area contributed by atoms with Crippen LogP contribution in [0.15, 0.2) is 11.5 Å². The van der Waals surface area contributed by atoms with Gasteiger partial charge in [0.25, 0.3) is 0 Å². The largest absolute Gasteiger partial charge is 0.481 e. The Bertz CT molecular complexity index is 511. The second-order valence-electron chi connectivity index (χ2n) is 2.67. The molecule has 2 aromatic heterocycles. The maximum absolute atomic E-state index is 10.3. The number of carboxylic acid groups (broad SMARTS) is 1. The quantitative estimate of drug-likeness (QED) is 0.501. The van der Waals surface area contributed by atoms with Crippen molar-refractivity contribution >= 4 is 34.7 Å². The Morgan fingerprint density at radius 3 is 3.13 bits per heavy atom. The van der Waals surface area contributed by atoms with E-state index in [-0.39, 0.29) is 11.6 Å². The molecule has 4 N–H and O–H groups in total. The molecule has 8 heteroatoms. The smallest absolute Gasteiger partial charge is 0.313 e. The molecule has 0 saturated carbocycles. The standard InChI is InChI=1S/C7H7N5O2S/c8-5-4-6(10-2-9-4)12-7(11-5)15-1-3(13)14/h2H,1H2,(H,13,14)(H3,8,9,10,11,12). The fraction of sp³-hybridized carbons (Fsp3) is 0.143. The van der Waals surface area contributed by atoms with Crippen LogP contribution in [-0.2, 0) is 4.79 Å². The first kappa shape index (κ1) is 9.71. The predicted octanol–water partition coefficient (Wildman–Crippen LogP) is 0.112. The van der Waals surface area contributed by atoms with Gasteiger partial charge in [0.15, 0.2) is 16.6 Å². The van der Waals surface area contributed by atoms with Gasteiger partial charge in [0.05, 0.1) is 12.1 Å². The molecule has 0 fully saturated rings. The highest BCUT2D eigenvalue weighted by Gasteiger charge is 2.08. The lowest BCUT2D eigenvalue weighted by atomic mass is 10.5. The molecule has 0 unspecified atom stereocenters. The van der Waals surface area contributed by atoms with Gasteiger partial charge in [-0.25, -0.2) is 15.0 Å². The summed E-state index contributed by atoms with van der Waals surface area (Å²) in [6, 6.07) is 0. The van der Waals surface area contributed by atoms with E-state index in [1.165, 1.54) is 6.33 Å². The van der Waals surface area contributed by atoms with E-state index in [1.54, 1.807) is 0 Å². The molecule has 78 valence electrons.